The van der Waals surface area contributed by atoms with Crippen LogP contribution >= 0.6 is 0 Å². The Hall–Kier alpha value is -6.16. The van der Waals surface area contributed by atoms with Crippen LogP contribution in [0.25, 0.3) is 33.7 Å². The van der Waals surface area contributed by atoms with Gasteiger partial charge >= 0.3 is 11.5 Å². The maximum absolute atomic E-state index is 14.5. The molecular formula is C36H28F2N6O5. The van der Waals surface area contributed by atoms with E-state index in [2.05, 4.69) is 15.5 Å². The zero-order valence-electron chi connectivity index (χ0n) is 26.2. The maximum atomic E-state index is 14.5. The molecule has 0 bridgehead atoms. The first kappa shape index (κ1) is 31.4. The van der Waals surface area contributed by atoms with Gasteiger partial charge in [-0.15, -0.1) is 5.10 Å². The summed E-state index contributed by atoms with van der Waals surface area (Å²) in [6.07, 6.45) is 2.83. The number of oxazole rings is 1. The largest absolute Gasteiger partial charge is 0.434 e. The van der Waals surface area contributed by atoms with Crippen LogP contribution in [-0.2, 0) is 19.3 Å². The second kappa shape index (κ2) is 12.8. The summed E-state index contributed by atoms with van der Waals surface area (Å²) >= 11 is 0. The van der Waals surface area contributed by atoms with Crippen molar-refractivity contribution in [3.8, 4) is 28.7 Å². The predicted molar refractivity (Wildman–Crippen MR) is 174 cm³/mol. The van der Waals surface area contributed by atoms with Crippen LogP contribution in [0.3, 0.4) is 0 Å². The van der Waals surface area contributed by atoms with E-state index in [0.29, 0.717) is 65.0 Å². The molecular weight excluding hydrogens is 634 g/mol. The molecule has 49 heavy (non-hydrogen) atoms. The van der Waals surface area contributed by atoms with Gasteiger partial charge in [0.1, 0.15) is 17.7 Å². The van der Waals surface area contributed by atoms with Gasteiger partial charge in [-0.3, -0.25) is 14.3 Å². The first-order valence-corrected chi connectivity index (χ1v) is 15.7. The summed E-state index contributed by atoms with van der Waals surface area (Å²) in [5.74, 6) is -2.98. The van der Waals surface area contributed by atoms with Crippen molar-refractivity contribution in [1.82, 2.24) is 25.1 Å². The molecule has 1 atom stereocenters. The topological polar surface area (TPSA) is 160 Å². The van der Waals surface area contributed by atoms with Gasteiger partial charge < -0.3 is 14.2 Å². The van der Waals surface area contributed by atoms with Crippen LogP contribution in [0.4, 0.5) is 8.78 Å². The summed E-state index contributed by atoms with van der Waals surface area (Å²) in [4.78, 5) is 44.2. The molecule has 246 valence electrons. The summed E-state index contributed by atoms with van der Waals surface area (Å²) in [6.45, 7) is 2.17. The first-order chi connectivity index (χ1) is 23.7. The quantitative estimate of drug-likeness (QED) is 0.223. The number of halogens is 2. The van der Waals surface area contributed by atoms with Crippen LogP contribution in [-0.4, -0.2) is 32.2 Å². The zero-order chi connectivity index (χ0) is 34.2. The number of nitrogens with zero attached hydrogens (tertiary/aromatic N) is 4. The molecule has 0 saturated heterocycles. The number of aromatic amines is 1. The van der Waals surface area contributed by atoms with E-state index >= 15 is 0 Å². The fourth-order valence-corrected chi connectivity index (χ4v) is 6.36. The number of benzene rings is 3. The van der Waals surface area contributed by atoms with Gasteiger partial charge in [0, 0.05) is 12.1 Å². The van der Waals surface area contributed by atoms with Crippen LogP contribution in [0.1, 0.15) is 64.2 Å². The van der Waals surface area contributed by atoms with E-state index in [9.17, 15) is 23.2 Å². The van der Waals surface area contributed by atoms with E-state index in [1.807, 2.05) is 0 Å². The molecule has 0 saturated carbocycles. The highest BCUT2D eigenvalue weighted by Crippen LogP contribution is 2.40. The number of carbonyl (C=O) groups is 1. The third-order valence-electron chi connectivity index (χ3n) is 8.80. The zero-order valence-corrected chi connectivity index (χ0v) is 26.2. The summed E-state index contributed by atoms with van der Waals surface area (Å²) in [5, 5.41) is 18.5. The number of H-pyrrole nitrogens is 1. The molecule has 13 heteroatoms. The number of amides is 1. The molecule has 0 unspecified atom stereocenters. The van der Waals surface area contributed by atoms with Gasteiger partial charge in [-0.2, -0.15) is 5.26 Å². The SMILES string of the molecule is C[C@H](c1ccc(C#N)c(F)c1)n1c(=O)oc2cc(-c3c4c(nc(CCc5ccc(F)cc5)c3-c3n[nH]c(=O)o3)CCCCNC4=O)ccc21. The summed E-state index contributed by atoms with van der Waals surface area (Å²) in [5.41, 5.74) is 4.35. The van der Waals surface area contributed by atoms with E-state index in [1.54, 1.807) is 49.4 Å². The van der Waals surface area contributed by atoms with E-state index in [-0.39, 0.29) is 34.3 Å². The Bertz CT molecular complexity index is 2400. The van der Waals surface area contributed by atoms with Crippen LogP contribution in [0.15, 0.2) is 79.1 Å². The lowest BCUT2D eigenvalue weighted by atomic mass is 9.88. The number of pyridine rings is 1. The lowest BCUT2D eigenvalue weighted by Gasteiger charge is -2.22. The van der Waals surface area contributed by atoms with Crippen molar-refractivity contribution < 1.29 is 22.4 Å². The van der Waals surface area contributed by atoms with E-state index in [0.717, 1.165) is 18.4 Å². The number of rotatable bonds is 7. The lowest BCUT2D eigenvalue weighted by Crippen LogP contribution is -2.29. The average molecular weight is 663 g/mol. The normalized spacial score (nSPS) is 13.7. The van der Waals surface area contributed by atoms with Gasteiger partial charge in [0.05, 0.1) is 39.6 Å². The van der Waals surface area contributed by atoms with Gasteiger partial charge in [0.25, 0.3) is 11.8 Å². The number of fused-ring (bicyclic) bond motifs is 2. The molecule has 1 aliphatic heterocycles. The first-order valence-electron chi connectivity index (χ1n) is 15.7. The molecule has 4 heterocycles. The molecule has 0 aliphatic carbocycles. The Balaban J connectivity index is 1.42. The molecule has 1 amide bonds. The number of hydrogen-bond donors (Lipinski definition) is 2. The van der Waals surface area contributed by atoms with Gasteiger partial charge in [0.2, 0.25) is 0 Å². The fraction of sp³-hybridized carbons (Fsp3) is 0.222. The molecule has 3 aromatic carbocycles. The number of nitriles is 1. The average Bonchev–Trinajstić information content (AvgIpc) is 3.67. The Morgan fingerprint density at radius 3 is 2.51 bits per heavy atom. The van der Waals surface area contributed by atoms with Crippen molar-refractivity contribution in [2.45, 2.75) is 45.1 Å². The van der Waals surface area contributed by atoms with Gasteiger partial charge in [-0.05, 0) is 92.1 Å². The van der Waals surface area contributed by atoms with Crippen LogP contribution < -0.4 is 16.8 Å². The van der Waals surface area contributed by atoms with Crippen molar-refractivity contribution in [2.75, 3.05) is 6.54 Å². The Morgan fingerprint density at radius 1 is 0.959 bits per heavy atom. The number of hydrogen-bond acceptors (Lipinski definition) is 8. The smallest absolute Gasteiger partial charge is 0.408 e. The molecule has 6 aromatic rings. The third kappa shape index (κ3) is 5.93. The Labute approximate surface area is 276 Å². The van der Waals surface area contributed by atoms with Crippen molar-refractivity contribution in [1.29, 1.82) is 5.26 Å². The van der Waals surface area contributed by atoms with Crippen LogP contribution in [0, 0.1) is 23.0 Å². The molecule has 1 aliphatic rings. The lowest BCUT2D eigenvalue weighted by molar-refractivity contribution is 0.0950. The van der Waals surface area contributed by atoms with Crippen molar-refractivity contribution in [3.63, 3.8) is 0 Å². The van der Waals surface area contributed by atoms with E-state index in [4.69, 9.17) is 19.1 Å². The van der Waals surface area contributed by atoms with Crippen molar-refractivity contribution in [3.05, 3.63) is 127 Å². The number of aromatic nitrogens is 4. The van der Waals surface area contributed by atoms with Gasteiger partial charge in [-0.1, -0.05) is 24.3 Å². The van der Waals surface area contributed by atoms with Crippen LogP contribution in [0.2, 0.25) is 0 Å². The van der Waals surface area contributed by atoms with Crippen molar-refractivity contribution in [2.24, 2.45) is 0 Å². The molecule has 3 aromatic heterocycles. The van der Waals surface area contributed by atoms with Crippen molar-refractivity contribution >= 4 is 17.0 Å². The maximum Gasteiger partial charge on any atom is 0.434 e. The summed E-state index contributed by atoms with van der Waals surface area (Å²) in [6, 6.07) is 16.4. The molecule has 11 nitrogen and oxygen atoms in total. The van der Waals surface area contributed by atoms with Crippen LogP contribution in [0.5, 0.6) is 0 Å². The minimum absolute atomic E-state index is 0.0742. The standard InChI is InChI=1S/C36H28F2N6O5/c1-19(21-8-9-23(18-39)25(38)16-21)44-28-14-10-22(17-29(28)48-36(44)47)30-31-26(4-2-3-15-40-33(31)45)41-27(32(30)34-42-43-35(46)49-34)13-7-20-5-11-24(37)12-6-20/h5-6,8-12,14,16-17,19H,2-4,7,13,15H2,1H3,(H,40,45)(H,43,46)/t19-/m1/s1. The van der Waals surface area contributed by atoms with Gasteiger partial charge in [-0.25, -0.2) is 23.5 Å². The minimum atomic E-state index is -0.798. The molecule has 0 spiro atoms. The number of carbonyl (C=O) groups excluding carboxylic acids is 1. The fourth-order valence-electron chi connectivity index (χ4n) is 6.36. The number of aryl methyl sites for hydroxylation is 3. The molecule has 0 fully saturated rings. The predicted octanol–water partition coefficient (Wildman–Crippen LogP) is 5.61. The molecule has 2 N–H and O–H groups in total. The minimum Gasteiger partial charge on any atom is -0.408 e. The summed E-state index contributed by atoms with van der Waals surface area (Å²) in [7, 11) is 0. The Morgan fingerprint density at radius 2 is 1.78 bits per heavy atom. The summed E-state index contributed by atoms with van der Waals surface area (Å²) < 4.78 is 40.7. The van der Waals surface area contributed by atoms with E-state index in [1.165, 1.54) is 28.8 Å². The highest BCUT2D eigenvalue weighted by molar-refractivity contribution is 6.06. The molecule has 0 radical (unpaired) electrons. The second-order valence-corrected chi connectivity index (χ2v) is 11.8. The monoisotopic (exact) mass is 662 g/mol. The Kier molecular flexibility index (Phi) is 8.21. The highest BCUT2D eigenvalue weighted by Gasteiger charge is 2.30. The third-order valence-corrected chi connectivity index (χ3v) is 8.80. The highest BCUT2D eigenvalue weighted by atomic mass is 19.1. The van der Waals surface area contributed by atoms with Gasteiger partial charge in [0.15, 0.2) is 5.58 Å². The van der Waals surface area contributed by atoms with E-state index < -0.39 is 23.4 Å². The second-order valence-electron chi connectivity index (χ2n) is 11.8. The number of nitrogens with one attached hydrogen (secondary N) is 2. The molecule has 7 rings (SSSR count).